The highest BCUT2D eigenvalue weighted by molar-refractivity contribution is 4.50. The van der Waals surface area contributed by atoms with Crippen molar-refractivity contribution in [2.24, 2.45) is 0 Å². The van der Waals surface area contributed by atoms with Gasteiger partial charge in [0, 0.05) is 0 Å². The predicted molar refractivity (Wildman–Crippen MR) is 109 cm³/mol. The van der Waals surface area contributed by atoms with E-state index in [1.54, 1.807) is 0 Å². The Morgan fingerprint density at radius 2 is 0.840 bits per heavy atom. The third-order valence-electron chi connectivity index (χ3n) is 5.94. The molecule has 1 saturated heterocycles. The first kappa shape index (κ1) is 25.2. The van der Waals surface area contributed by atoms with E-state index >= 15 is 0 Å². The lowest BCUT2D eigenvalue weighted by Gasteiger charge is -2.23. The molecule has 0 amide bonds. The van der Waals surface area contributed by atoms with Gasteiger partial charge in [-0.05, 0) is 32.1 Å². The van der Waals surface area contributed by atoms with Crippen molar-refractivity contribution in [3.05, 3.63) is 0 Å². The maximum absolute atomic E-state index is 2.30. The molecule has 1 aliphatic heterocycles. The molecule has 2 heteroatoms. The molecule has 1 fully saturated rings. The van der Waals surface area contributed by atoms with Crippen molar-refractivity contribution in [2.45, 2.75) is 129 Å². The molecule has 152 valence electrons. The van der Waals surface area contributed by atoms with Crippen LogP contribution in [-0.2, 0) is 0 Å². The van der Waals surface area contributed by atoms with Crippen molar-refractivity contribution in [1.29, 1.82) is 0 Å². The van der Waals surface area contributed by atoms with E-state index in [9.17, 15) is 0 Å². The Labute approximate surface area is 166 Å². The summed E-state index contributed by atoms with van der Waals surface area (Å²) in [5.74, 6) is 0. The van der Waals surface area contributed by atoms with E-state index in [-0.39, 0.29) is 12.4 Å². The zero-order chi connectivity index (χ0) is 17.1. The third-order valence-corrected chi connectivity index (χ3v) is 5.94. The lowest BCUT2D eigenvalue weighted by atomic mass is 10.0. The van der Waals surface area contributed by atoms with Gasteiger partial charge in [0.15, 0.2) is 0 Å². The molecule has 0 atom stereocenters. The number of likely N-dealkylation sites (tertiary alicyclic amines) is 1. The largest absolute Gasteiger partial charge is 1.00 e. The van der Waals surface area contributed by atoms with Gasteiger partial charge in [-0.2, -0.15) is 0 Å². The van der Waals surface area contributed by atoms with Gasteiger partial charge in [-0.25, -0.2) is 0 Å². The smallest absolute Gasteiger partial charge is 0.0770 e. The quantitative estimate of drug-likeness (QED) is 0.373. The van der Waals surface area contributed by atoms with Gasteiger partial charge in [0.05, 0.1) is 19.6 Å². The Morgan fingerprint density at radius 1 is 0.480 bits per heavy atom. The molecule has 0 spiro atoms. The lowest BCUT2D eigenvalue weighted by Crippen LogP contribution is -3.12. The summed E-state index contributed by atoms with van der Waals surface area (Å²) in [7, 11) is 0. The number of hydrogen-bond donors (Lipinski definition) is 1. The van der Waals surface area contributed by atoms with E-state index in [2.05, 4.69) is 6.92 Å². The summed E-state index contributed by atoms with van der Waals surface area (Å²) in [4.78, 5) is 1.90. The fourth-order valence-corrected chi connectivity index (χ4v) is 4.22. The van der Waals surface area contributed by atoms with Gasteiger partial charge in [0.2, 0.25) is 0 Å². The molecule has 0 bridgehead atoms. The zero-order valence-electron chi connectivity index (χ0n) is 17.4. The van der Waals surface area contributed by atoms with Crippen molar-refractivity contribution < 1.29 is 17.3 Å². The summed E-state index contributed by atoms with van der Waals surface area (Å²) in [6, 6.07) is 0. The second kappa shape index (κ2) is 20.6. The number of piperidine rings is 1. The number of halogens is 1. The van der Waals surface area contributed by atoms with Gasteiger partial charge in [0.1, 0.15) is 0 Å². The summed E-state index contributed by atoms with van der Waals surface area (Å²) in [6.07, 6.45) is 28.1. The van der Waals surface area contributed by atoms with Crippen LogP contribution in [0.25, 0.3) is 0 Å². The zero-order valence-corrected chi connectivity index (χ0v) is 18.2. The summed E-state index contributed by atoms with van der Waals surface area (Å²) in [5, 5.41) is 0. The van der Waals surface area contributed by atoms with E-state index < -0.39 is 0 Å². The van der Waals surface area contributed by atoms with Gasteiger partial charge < -0.3 is 17.3 Å². The highest BCUT2D eigenvalue weighted by atomic mass is 35.5. The van der Waals surface area contributed by atoms with Crippen molar-refractivity contribution in [1.82, 2.24) is 0 Å². The Kier molecular flexibility index (Phi) is 20.8. The van der Waals surface area contributed by atoms with Gasteiger partial charge in [-0.15, -0.1) is 0 Å². The molecule has 1 N–H and O–H groups in total. The summed E-state index contributed by atoms with van der Waals surface area (Å²) < 4.78 is 0. The minimum absolute atomic E-state index is 0. The highest BCUT2D eigenvalue weighted by Crippen LogP contribution is 2.13. The second-order valence-corrected chi connectivity index (χ2v) is 8.36. The van der Waals surface area contributed by atoms with Gasteiger partial charge in [-0.3, -0.25) is 0 Å². The van der Waals surface area contributed by atoms with Gasteiger partial charge in [0.25, 0.3) is 0 Å². The topological polar surface area (TPSA) is 4.44 Å². The molecule has 0 aliphatic carbocycles. The van der Waals surface area contributed by atoms with Crippen LogP contribution < -0.4 is 17.3 Å². The van der Waals surface area contributed by atoms with Crippen molar-refractivity contribution >= 4 is 0 Å². The molecular formula is C23H48ClN. The molecule has 0 aromatic heterocycles. The van der Waals surface area contributed by atoms with Crippen LogP contribution in [-0.4, -0.2) is 19.6 Å². The van der Waals surface area contributed by atoms with E-state index in [1.165, 1.54) is 142 Å². The van der Waals surface area contributed by atoms with E-state index in [0.29, 0.717) is 0 Å². The van der Waals surface area contributed by atoms with E-state index in [1.807, 2.05) is 4.90 Å². The van der Waals surface area contributed by atoms with E-state index in [0.717, 1.165) is 0 Å². The lowest BCUT2D eigenvalue weighted by molar-refractivity contribution is -0.905. The fraction of sp³-hybridized carbons (Fsp3) is 1.00. The molecule has 0 radical (unpaired) electrons. The first-order valence-electron chi connectivity index (χ1n) is 11.8. The first-order chi connectivity index (χ1) is 11.9. The number of hydrogen-bond acceptors (Lipinski definition) is 0. The van der Waals surface area contributed by atoms with Crippen LogP contribution in [0.1, 0.15) is 129 Å². The van der Waals surface area contributed by atoms with Gasteiger partial charge >= 0.3 is 0 Å². The molecule has 0 aromatic rings. The Hall–Kier alpha value is 0.250. The molecular weight excluding hydrogens is 326 g/mol. The van der Waals surface area contributed by atoms with Crippen LogP contribution in [0.2, 0.25) is 0 Å². The molecule has 1 rings (SSSR count). The fourth-order valence-electron chi connectivity index (χ4n) is 4.22. The average molecular weight is 374 g/mol. The standard InChI is InChI=1S/C23H47N.ClH/c1-2-3-4-5-6-7-8-9-10-11-12-13-14-15-16-18-21-24-22-19-17-20-23-24;/h2-23H2,1H3;1H. The Balaban J connectivity index is 0.00000576. The minimum atomic E-state index is 0. The van der Waals surface area contributed by atoms with E-state index in [4.69, 9.17) is 0 Å². The normalized spacial score (nSPS) is 15.2. The number of unbranched alkanes of at least 4 members (excludes halogenated alkanes) is 15. The van der Waals surface area contributed by atoms with Gasteiger partial charge in [-0.1, -0.05) is 96.8 Å². The summed E-state index contributed by atoms with van der Waals surface area (Å²) >= 11 is 0. The molecule has 0 aromatic carbocycles. The van der Waals surface area contributed by atoms with Crippen LogP contribution in [0.4, 0.5) is 0 Å². The van der Waals surface area contributed by atoms with Crippen LogP contribution >= 0.6 is 0 Å². The van der Waals surface area contributed by atoms with Crippen LogP contribution in [0.15, 0.2) is 0 Å². The number of nitrogens with one attached hydrogen (secondary N) is 1. The van der Waals surface area contributed by atoms with Crippen LogP contribution in [0.3, 0.4) is 0 Å². The molecule has 0 unspecified atom stereocenters. The minimum Gasteiger partial charge on any atom is -1.00 e. The monoisotopic (exact) mass is 373 g/mol. The highest BCUT2D eigenvalue weighted by Gasteiger charge is 2.11. The molecule has 1 nitrogen and oxygen atoms in total. The van der Waals surface area contributed by atoms with Crippen molar-refractivity contribution in [3.63, 3.8) is 0 Å². The Bertz CT molecular complexity index is 238. The van der Waals surface area contributed by atoms with Crippen molar-refractivity contribution in [2.75, 3.05) is 19.6 Å². The average Bonchev–Trinajstić information content (AvgIpc) is 2.62. The van der Waals surface area contributed by atoms with Crippen LogP contribution in [0.5, 0.6) is 0 Å². The Morgan fingerprint density at radius 3 is 1.24 bits per heavy atom. The second-order valence-electron chi connectivity index (χ2n) is 8.36. The SMILES string of the molecule is CCCCCCCCCCCCCCCCCC[NH+]1CCCCC1.[Cl-]. The molecule has 1 heterocycles. The molecule has 0 saturated carbocycles. The molecule has 1 aliphatic rings. The number of rotatable bonds is 17. The summed E-state index contributed by atoms with van der Waals surface area (Å²) in [6.45, 7) is 6.67. The maximum atomic E-state index is 2.30. The summed E-state index contributed by atoms with van der Waals surface area (Å²) in [5.41, 5.74) is 0. The van der Waals surface area contributed by atoms with Crippen LogP contribution in [0, 0.1) is 0 Å². The molecule has 25 heavy (non-hydrogen) atoms. The number of quaternary nitrogens is 1. The first-order valence-corrected chi connectivity index (χ1v) is 11.8. The third kappa shape index (κ3) is 17.4. The predicted octanol–water partition coefficient (Wildman–Crippen LogP) is 3.32. The van der Waals surface area contributed by atoms with Crippen molar-refractivity contribution in [3.8, 4) is 0 Å². The maximum Gasteiger partial charge on any atom is 0.0770 e.